The number of thiophene rings is 2. The van der Waals surface area contributed by atoms with E-state index in [-0.39, 0.29) is 0 Å². The lowest BCUT2D eigenvalue weighted by molar-refractivity contribution is 1.30. The molecule has 2 heterocycles. The molecule has 7 aromatic carbocycles. The Hall–Kier alpha value is -6.00. The molecular formula is C49H35NS2. The Kier molecular flexibility index (Phi) is 8.36. The number of rotatable bonds is 8. The first kappa shape index (κ1) is 31.9. The van der Waals surface area contributed by atoms with Crippen LogP contribution in [0.2, 0.25) is 0 Å². The summed E-state index contributed by atoms with van der Waals surface area (Å²) in [4.78, 5) is 3.57. The predicted octanol–water partition coefficient (Wildman–Crippen LogP) is 15.4. The van der Waals surface area contributed by atoms with E-state index >= 15 is 0 Å². The van der Waals surface area contributed by atoms with E-state index in [9.17, 15) is 0 Å². The molecule has 0 atom stereocenters. The van der Waals surface area contributed by atoms with Crippen molar-refractivity contribution in [2.24, 2.45) is 0 Å². The minimum Gasteiger partial charge on any atom is -0.309 e. The lowest BCUT2D eigenvalue weighted by Gasteiger charge is -2.26. The van der Waals surface area contributed by atoms with Crippen molar-refractivity contribution in [2.75, 3.05) is 4.90 Å². The molecule has 2 aromatic heterocycles. The van der Waals surface area contributed by atoms with Crippen molar-refractivity contribution in [2.45, 2.75) is 6.92 Å². The molecule has 0 N–H and O–H groups in total. The minimum atomic E-state index is 1.11. The highest BCUT2D eigenvalue weighted by atomic mass is 32.1. The first-order valence-corrected chi connectivity index (χ1v) is 19.2. The molecule has 0 unspecified atom stereocenters. The molecule has 3 heteroatoms. The van der Waals surface area contributed by atoms with Crippen LogP contribution >= 0.6 is 22.7 Å². The molecule has 0 spiro atoms. The second-order valence-corrected chi connectivity index (χ2v) is 15.1. The highest BCUT2D eigenvalue weighted by molar-refractivity contribution is 7.25. The predicted molar refractivity (Wildman–Crippen MR) is 231 cm³/mol. The van der Waals surface area contributed by atoms with E-state index in [4.69, 9.17) is 0 Å². The molecule has 0 aliphatic heterocycles. The second kappa shape index (κ2) is 13.6. The van der Waals surface area contributed by atoms with Crippen molar-refractivity contribution in [1.29, 1.82) is 0 Å². The maximum Gasteiger partial charge on any atom is 0.0640 e. The summed E-state index contributed by atoms with van der Waals surface area (Å²) in [6, 6.07) is 59.6. The average Bonchev–Trinajstić information content (AvgIpc) is 3.77. The van der Waals surface area contributed by atoms with Gasteiger partial charge in [-0.15, -0.1) is 22.7 Å². The molecule has 9 rings (SSSR count). The van der Waals surface area contributed by atoms with Gasteiger partial charge in [-0.05, 0) is 88.8 Å². The normalized spacial score (nSPS) is 11.6. The zero-order valence-corrected chi connectivity index (χ0v) is 30.4. The lowest BCUT2D eigenvalue weighted by Crippen LogP contribution is -2.10. The number of benzene rings is 7. The molecule has 1 nitrogen and oxygen atoms in total. The molecule has 0 fully saturated rings. The van der Waals surface area contributed by atoms with Crippen molar-refractivity contribution >= 4 is 82.1 Å². The summed E-state index contributed by atoms with van der Waals surface area (Å²) in [7, 11) is 0. The molecule has 0 amide bonds. The summed E-state index contributed by atoms with van der Waals surface area (Å²) in [6.45, 7) is 6.21. The van der Waals surface area contributed by atoms with Crippen LogP contribution in [0.4, 0.5) is 17.1 Å². The summed E-state index contributed by atoms with van der Waals surface area (Å²) in [6.07, 6.45) is 6.28. The van der Waals surface area contributed by atoms with Crippen molar-refractivity contribution in [1.82, 2.24) is 0 Å². The number of hydrogen-bond donors (Lipinski definition) is 0. The lowest BCUT2D eigenvalue weighted by atomic mass is 9.99. The molecule has 248 valence electrons. The standard InChI is InChI=1S/C49H35NS2/c1-3-11-41-43-15-10-16-45(49(43)52-46(41)4-2)50(39-27-22-35(23-28-39)33-12-6-5-7-13-33)40-29-24-36(25-30-40)34-18-20-37(21-19-34)38-26-31-48-44(32-38)42-14-8-9-17-47(42)51-48/h3-32H,2H2,1H3/b11-3-. The molecule has 0 saturated heterocycles. The molecule has 0 bridgehead atoms. The van der Waals surface area contributed by atoms with E-state index in [0.29, 0.717) is 0 Å². The Labute approximate surface area is 312 Å². The number of allylic oxidation sites excluding steroid dienone is 1. The average molecular weight is 702 g/mol. The first-order chi connectivity index (χ1) is 25.7. The zero-order chi connectivity index (χ0) is 35.0. The van der Waals surface area contributed by atoms with Gasteiger partial charge in [0.1, 0.15) is 0 Å². The summed E-state index contributed by atoms with van der Waals surface area (Å²) in [5.41, 5.74) is 11.9. The van der Waals surface area contributed by atoms with Crippen molar-refractivity contribution < 1.29 is 0 Å². The van der Waals surface area contributed by atoms with Gasteiger partial charge in [0.2, 0.25) is 0 Å². The van der Waals surface area contributed by atoms with E-state index in [1.54, 1.807) is 11.3 Å². The van der Waals surface area contributed by atoms with E-state index < -0.39 is 0 Å². The molecule has 9 aromatic rings. The van der Waals surface area contributed by atoms with Gasteiger partial charge in [0.05, 0.1) is 10.4 Å². The van der Waals surface area contributed by atoms with Gasteiger partial charge in [0.15, 0.2) is 0 Å². The van der Waals surface area contributed by atoms with Crippen LogP contribution in [-0.2, 0) is 0 Å². The Bertz CT molecular complexity index is 2730. The van der Waals surface area contributed by atoms with Gasteiger partial charge in [-0.25, -0.2) is 0 Å². The second-order valence-electron chi connectivity index (χ2n) is 12.9. The van der Waals surface area contributed by atoms with E-state index in [0.717, 1.165) is 17.1 Å². The maximum atomic E-state index is 4.14. The van der Waals surface area contributed by atoms with Gasteiger partial charge in [0, 0.05) is 47.4 Å². The molecular weight excluding hydrogens is 667 g/mol. The molecule has 0 aliphatic rings. The van der Waals surface area contributed by atoms with Gasteiger partial charge >= 0.3 is 0 Å². The smallest absolute Gasteiger partial charge is 0.0640 e. The number of hydrogen-bond acceptors (Lipinski definition) is 3. The van der Waals surface area contributed by atoms with E-state index in [1.165, 1.54) is 74.1 Å². The third kappa shape index (κ3) is 5.75. The molecule has 0 radical (unpaired) electrons. The van der Waals surface area contributed by atoms with Gasteiger partial charge in [-0.3, -0.25) is 0 Å². The fourth-order valence-corrected chi connectivity index (χ4v) is 9.46. The number of fused-ring (bicyclic) bond motifs is 4. The highest BCUT2D eigenvalue weighted by Crippen LogP contribution is 2.45. The maximum absolute atomic E-state index is 4.14. The molecule has 52 heavy (non-hydrogen) atoms. The Morgan fingerprint density at radius 1 is 0.481 bits per heavy atom. The van der Waals surface area contributed by atoms with Gasteiger partial charge in [-0.1, -0.05) is 140 Å². The van der Waals surface area contributed by atoms with Crippen LogP contribution in [0.15, 0.2) is 176 Å². The van der Waals surface area contributed by atoms with Crippen LogP contribution in [0, 0.1) is 0 Å². The Morgan fingerprint density at radius 3 is 1.67 bits per heavy atom. The fourth-order valence-electron chi connectivity index (χ4n) is 7.23. The monoisotopic (exact) mass is 701 g/mol. The quantitative estimate of drug-likeness (QED) is 0.152. The fraction of sp³-hybridized carbons (Fsp3) is 0.0204. The van der Waals surface area contributed by atoms with Crippen LogP contribution < -0.4 is 4.90 Å². The van der Waals surface area contributed by atoms with E-state index in [2.05, 4.69) is 194 Å². The molecule has 0 aliphatic carbocycles. The summed E-state index contributed by atoms with van der Waals surface area (Å²) >= 11 is 3.66. The Balaban J connectivity index is 1.08. The summed E-state index contributed by atoms with van der Waals surface area (Å²) < 4.78 is 3.91. The zero-order valence-electron chi connectivity index (χ0n) is 28.8. The van der Waals surface area contributed by atoms with Gasteiger partial charge < -0.3 is 4.90 Å². The van der Waals surface area contributed by atoms with Crippen LogP contribution in [0.5, 0.6) is 0 Å². The van der Waals surface area contributed by atoms with E-state index in [1.807, 2.05) is 17.4 Å². The van der Waals surface area contributed by atoms with Crippen molar-refractivity contribution in [3.63, 3.8) is 0 Å². The SMILES string of the molecule is C=Cc1sc2c(N(c3ccc(-c4ccccc4)cc3)c3ccc(-c4ccc(-c5ccc6sc7ccccc7c6c5)cc4)cc3)cccc2c1/C=C\C. The van der Waals surface area contributed by atoms with Crippen LogP contribution in [-0.4, -0.2) is 0 Å². The van der Waals surface area contributed by atoms with Gasteiger partial charge in [0.25, 0.3) is 0 Å². The van der Waals surface area contributed by atoms with Gasteiger partial charge in [-0.2, -0.15) is 0 Å². The first-order valence-electron chi connectivity index (χ1n) is 17.6. The van der Waals surface area contributed by atoms with Crippen LogP contribution in [0.1, 0.15) is 17.4 Å². The largest absolute Gasteiger partial charge is 0.309 e. The Morgan fingerprint density at radius 2 is 1.02 bits per heavy atom. The molecule has 0 saturated carbocycles. The van der Waals surface area contributed by atoms with Crippen LogP contribution in [0.25, 0.3) is 75.8 Å². The van der Waals surface area contributed by atoms with Crippen LogP contribution in [0.3, 0.4) is 0 Å². The summed E-state index contributed by atoms with van der Waals surface area (Å²) in [5, 5.41) is 3.90. The third-order valence-corrected chi connectivity index (χ3v) is 12.2. The minimum absolute atomic E-state index is 1.11. The van der Waals surface area contributed by atoms with Crippen molar-refractivity contribution in [3.05, 3.63) is 187 Å². The summed E-state index contributed by atoms with van der Waals surface area (Å²) in [5.74, 6) is 0. The third-order valence-electron chi connectivity index (χ3n) is 9.81. The number of nitrogens with zero attached hydrogens (tertiary/aromatic N) is 1. The highest BCUT2D eigenvalue weighted by Gasteiger charge is 2.19. The topological polar surface area (TPSA) is 3.24 Å². The number of anilines is 3. The van der Waals surface area contributed by atoms with Crippen molar-refractivity contribution in [3.8, 4) is 33.4 Å².